The molecule has 0 spiro atoms. The van der Waals surface area contributed by atoms with Gasteiger partial charge in [0.15, 0.2) is 0 Å². The standard InChI is InChI=1S/C31H41N5O6/c1-5-18(4)27(31(41)42)36-29(39)25(15-20-16-33-23-9-7-6-8-22(20)23)34-28(38)24(35-30(40)26(32)17(2)3)14-19-10-12-21(37)13-11-19/h6-13,16-18,24-27,33,37H,5,14-15,32H2,1-4H3,(H,34,38)(H,35,40)(H,36,39)(H,41,42). The number of carboxylic acids is 1. The first-order valence-corrected chi connectivity index (χ1v) is 14.1. The minimum absolute atomic E-state index is 0.0513. The Labute approximate surface area is 245 Å². The number of rotatable bonds is 14. The third kappa shape index (κ3) is 8.32. The Hall–Kier alpha value is -4.38. The Morgan fingerprint density at radius 1 is 0.857 bits per heavy atom. The van der Waals surface area contributed by atoms with Crippen molar-refractivity contribution in [1.82, 2.24) is 20.9 Å². The van der Waals surface area contributed by atoms with Gasteiger partial charge in [-0.2, -0.15) is 0 Å². The molecule has 3 amide bonds. The van der Waals surface area contributed by atoms with E-state index < -0.39 is 47.9 Å². The summed E-state index contributed by atoms with van der Waals surface area (Å²) in [6.07, 6.45) is 2.40. The molecule has 2 aromatic carbocycles. The number of aromatic amines is 1. The number of benzene rings is 2. The molecule has 0 bridgehead atoms. The number of carbonyl (C=O) groups is 4. The normalized spacial score (nSPS) is 14.9. The zero-order chi connectivity index (χ0) is 31.0. The molecular formula is C31H41N5O6. The molecule has 1 heterocycles. The number of hydrogen-bond donors (Lipinski definition) is 7. The highest BCUT2D eigenvalue weighted by Gasteiger charge is 2.33. The van der Waals surface area contributed by atoms with Crippen molar-refractivity contribution in [2.24, 2.45) is 17.6 Å². The van der Waals surface area contributed by atoms with E-state index in [-0.39, 0.29) is 30.4 Å². The molecule has 11 nitrogen and oxygen atoms in total. The Balaban J connectivity index is 1.93. The third-order valence-corrected chi connectivity index (χ3v) is 7.54. The summed E-state index contributed by atoms with van der Waals surface area (Å²) in [5.74, 6) is -3.47. The summed E-state index contributed by atoms with van der Waals surface area (Å²) in [4.78, 5) is 55.3. The average molecular weight is 580 g/mol. The SMILES string of the molecule is CCC(C)C(NC(=O)C(Cc1c[nH]c2ccccc12)NC(=O)C(Cc1ccc(O)cc1)NC(=O)C(N)C(C)C)C(=O)O. The number of H-pyrrole nitrogens is 1. The van der Waals surface area contributed by atoms with E-state index in [0.717, 1.165) is 16.5 Å². The van der Waals surface area contributed by atoms with Gasteiger partial charge in [0.25, 0.3) is 0 Å². The molecule has 8 N–H and O–H groups in total. The van der Waals surface area contributed by atoms with Crippen molar-refractivity contribution in [1.29, 1.82) is 0 Å². The van der Waals surface area contributed by atoms with Crippen LogP contribution in [0.15, 0.2) is 54.7 Å². The minimum Gasteiger partial charge on any atom is -0.508 e. The first-order valence-electron chi connectivity index (χ1n) is 14.1. The molecule has 226 valence electrons. The summed E-state index contributed by atoms with van der Waals surface area (Å²) in [6.45, 7) is 7.14. The predicted molar refractivity (Wildman–Crippen MR) is 160 cm³/mol. The fourth-order valence-corrected chi connectivity index (χ4v) is 4.59. The van der Waals surface area contributed by atoms with Crippen LogP contribution in [0.2, 0.25) is 0 Å². The van der Waals surface area contributed by atoms with Gasteiger partial charge in [0.1, 0.15) is 23.9 Å². The summed E-state index contributed by atoms with van der Waals surface area (Å²) in [5.41, 5.74) is 8.30. The maximum absolute atomic E-state index is 13.7. The van der Waals surface area contributed by atoms with Crippen LogP contribution in [0, 0.1) is 11.8 Å². The number of nitrogens with two attached hydrogens (primary N) is 1. The number of nitrogens with one attached hydrogen (secondary N) is 4. The quantitative estimate of drug-likeness (QED) is 0.152. The molecule has 0 aliphatic heterocycles. The van der Waals surface area contributed by atoms with Crippen LogP contribution >= 0.6 is 0 Å². The molecule has 5 unspecified atom stereocenters. The summed E-state index contributed by atoms with van der Waals surface area (Å²) in [5, 5.41) is 28.4. The molecule has 5 atom stereocenters. The van der Waals surface area contributed by atoms with E-state index in [1.54, 1.807) is 39.1 Å². The second-order valence-electron chi connectivity index (χ2n) is 11.0. The van der Waals surface area contributed by atoms with Crippen LogP contribution in [-0.4, -0.2) is 63.1 Å². The highest BCUT2D eigenvalue weighted by Crippen LogP contribution is 2.20. The van der Waals surface area contributed by atoms with Gasteiger partial charge in [-0.15, -0.1) is 0 Å². The van der Waals surface area contributed by atoms with Gasteiger partial charge < -0.3 is 36.9 Å². The van der Waals surface area contributed by atoms with Crippen LogP contribution in [0.4, 0.5) is 0 Å². The van der Waals surface area contributed by atoms with Gasteiger partial charge in [0.2, 0.25) is 17.7 Å². The van der Waals surface area contributed by atoms with E-state index in [4.69, 9.17) is 5.73 Å². The van der Waals surface area contributed by atoms with Crippen LogP contribution in [0.5, 0.6) is 5.75 Å². The number of aromatic nitrogens is 1. The summed E-state index contributed by atoms with van der Waals surface area (Å²) < 4.78 is 0. The highest BCUT2D eigenvalue weighted by atomic mass is 16.4. The molecule has 1 aromatic heterocycles. The molecular weight excluding hydrogens is 538 g/mol. The van der Waals surface area contributed by atoms with Crippen LogP contribution in [0.1, 0.15) is 45.2 Å². The number of amides is 3. The monoisotopic (exact) mass is 579 g/mol. The van der Waals surface area contributed by atoms with Gasteiger partial charge in [0, 0.05) is 29.9 Å². The second-order valence-corrected chi connectivity index (χ2v) is 11.0. The van der Waals surface area contributed by atoms with Crippen molar-refractivity contribution in [2.75, 3.05) is 0 Å². The van der Waals surface area contributed by atoms with E-state index in [1.807, 2.05) is 31.2 Å². The van der Waals surface area contributed by atoms with Crippen molar-refractivity contribution in [3.8, 4) is 5.75 Å². The number of para-hydroxylation sites is 1. The lowest BCUT2D eigenvalue weighted by atomic mass is 9.97. The molecule has 3 rings (SSSR count). The van der Waals surface area contributed by atoms with Crippen molar-refractivity contribution in [3.05, 3.63) is 65.9 Å². The number of fused-ring (bicyclic) bond motifs is 1. The molecule has 11 heteroatoms. The number of phenolic OH excluding ortho intramolecular Hbond substituents is 1. The highest BCUT2D eigenvalue weighted by molar-refractivity contribution is 5.95. The topological polar surface area (TPSA) is 187 Å². The van der Waals surface area contributed by atoms with Crippen LogP contribution in [0.25, 0.3) is 10.9 Å². The predicted octanol–water partition coefficient (Wildman–Crippen LogP) is 2.23. The number of aromatic hydroxyl groups is 1. The molecule has 42 heavy (non-hydrogen) atoms. The zero-order valence-electron chi connectivity index (χ0n) is 24.4. The van der Waals surface area contributed by atoms with Crippen LogP contribution < -0.4 is 21.7 Å². The zero-order valence-corrected chi connectivity index (χ0v) is 24.4. The Morgan fingerprint density at radius 3 is 2.07 bits per heavy atom. The summed E-state index contributed by atoms with van der Waals surface area (Å²) in [7, 11) is 0. The van der Waals surface area contributed by atoms with E-state index in [9.17, 15) is 29.4 Å². The molecule has 0 aliphatic rings. The molecule has 3 aromatic rings. The number of carbonyl (C=O) groups excluding carboxylic acids is 3. The first-order chi connectivity index (χ1) is 19.9. The van der Waals surface area contributed by atoms with E-state index in [0.29, 0.717) is 12.0 Å². The lowest BCUT2D eigenvalue weighted by Crippen LogP contribution is -2.59. The first kappa shape index (κ1) is 32.1. The number of carboxylic acid groups (broad SMARTS) is 1. The van der Waals surface area contributed by atoms with Gasteiger partial charge in [0.05, 0.1) is 6.04 Å². The van der Waals surface area contributed by atoms with Crippen LogP contribution in [-0.2, 0) is 32.0 Å². The third-order valence-electron chi connectivity index (χ3n) is 7.54. The number of aliphatic carboxylic acids is 1. The molecule has 0 saturated heterocycles. The van der Waals surface area contributed by atoms with E-state index in [2.05, 4.69) is 20.9 Å². The summed E-state index contributed by atoms with van der Waals surface area (Å²) >= 11 is 0. The van der Waals surface area contributed by atoms with Gasteiger partial charge in [-0.3, -0.25) is 14.4 Å². The van der Waals surface area contributed by atoms with Crippen molar-refractivity contribution < 1.29 is 29.4 Å². The fourth-order valence-electron chi connectivity index (χ4n) is 4.59. The van der Waals surface area contributed by atoms with E-state index >= 15 is 0 Å². The van der Waals surface area contributed by atoms with Crippen molar-refractivity contribution in [3.63, 3.8) is 0 Å². The molecule has 0 aliphatic carbocycles. The lowest BCUT2D eigenvalue weighted by molar-refractivity contribution is -0.143. The second kappa shape index (κ2) is 14.5. The van der Waals surface area contributed by atoms with Gasteiger partial charge in [-0.25, -0.2) is 4.79 Å². The fraction of sp³-hybridized carbons (Fsp3) is 0.419. The molecule has 0 saturated carbocycles. The smallest absolute Gasteiger partial charge is 0.326 e. The maximum Gasteiger partial charge on any atom is 0.326 e. The summed E-state index contributed by atoms with van der Waals surface area (Å²) in [6, 6.07) is 9.44. The minimum atomic E-state index is -1.17. The number of phenols is 1. The lowest BCUT2D eigenvalue weighted by Gasteiger charge is -2.27. The van der Waals surface area contributed by atoms with E-state index in [1.165, 1.54) is 12.1 Å². The van der Waals surface area contributed by atoms with Gasteiger partial charge >= 0.3 is 5.97 Å². The van der Waals surface area contributed by atoms with Crippen molar-refractivity contribution in [2.45, 2.75) is 71.1 Å². The molecule has 0 radical (unpaired) electrons. The maximum atomic E-state index is 13.7. The Kier molecular flexibility index (Phi) is 11.1. The Bertz CT molecular complexity index is 1390. The van der Waals surface area contributed by atoms with Gasteiger partial charge in [-0.05, 0) is 41.2 Å². The Morgan fingerprint density at radius 2 is 1.45 bits per heavy atom. The largest absolute Gasteiger partial charge is 0.508 e. The van der Waals surface area contributed by atoms with Crippen LogP contribution in [0.3, 0.4) is 0 Å². The van der Waals surface area contributed by atoms with Crippen molar-refractivity contribution >= 4 is 34.6 Å². The van der Waals surface area contributed by atoms with Gasteiger partial charge in [-0.1, -0.05) is 64.4 Å². The number of hydrogen-bond acceptors (Lipinski definition) is 6. The average Bonchev–Trinajstić information content (AvgIpc) is 3.37. The molecule has 0 fully saturated rings.